The van der Waals surface area contributed by atoms with E-state index in [1.165, 1.54) is 18.4 Å². The summed E-state index contributed by atoms with van der Waals surface area (Å²) >= 11 is 1.36. The normalized spacial score (nSPS) is 27.1. The van der Waals surface area contributed by atoms with Crippen LogP contribution in [0.4, 0.5) is 0 Å². The van der Waals surface area contributed by atoms with Gasteiger partial charge < -0.3 is 9.47 Å². The zero-order valence-corrected chi connectivity index (χ0v) is 12.7. The van der Waals surface area contributed by atoms with Crippen LogP contribution in [0.15, 0.2) is 5.51 Å². The minimum Gasteiger partial charge on any atom is -0.337 e. The molecule has 1 aliphatic heterocycles. The van der Waals surface area contributed by atoms with Crippen molar-refractivity contribution in [3.8, 4) is 0 Å². The number of nitrogens with zero attached hydrogens (tertiary/aromatic N) is 2. The van der Waals surface area contributed by atoms with Gasteiger partial charge >= 0.3 is 10.3 Å². The lowest BCUT2D eigenvalue weighted by Gasteiger charge is -2.23. The van der Waals surface area contributed by atoms with Gasteiger partial charge in [-0.05, 0) is 20.8 Å². The monoisotopic (exact) mass is 308 g/mol. The first kappa shape index (κ1) is 14.8. The topological polar surface area (TPSA) is 89.0 Å². The number of likely N-dealkylation sites (N-methyl/N-ethyl adjacent to an activating group) is 1. The molecule has 108 valence electrons. The van der Waals surface area contributed by atoms with Gasteiger partial charge in [0.15, 0.2) is 12.0 Å². The number of hydrogen-bond donors (Lipinski definition) is 1. The van der Waals surface area contributed by atoms with E-state index in [4.69, 9.17) is 14.0 Å². The van der Waals surface area contributed by atoms with Crippen LogP contribution in [-0.2, 0) is 19.8 Å². The second-order valence-corrected chi connectivity index (χ2v) is 7.10. The Kier molecular flexibility index (Phi) is 3.71. The van der Waals surface area contributed by atoms with E-state index >= 15 is 0 Å². The zero-order chi connectivity index (χ0) is 14.4. The third kappa shape index (κ3) is 2.96. The molecule has 0 aromatic carbocycles. The van der Waals surface area contributed by atoms with Crippen molar-refractivity contribution in [1.29, 1.82) is 0 Å². The molecule has 1 fully saturated rings. The lowest BCUT2D eigenvalue weighted by molar-refractivity contribution is -0.154. The molecular weight excluding hydrogens is 292 g/mol. The second-order valence-electron chi connectivity index (χ2n) is 4.74. The van der Waals surface area contributed by atoms with E-state index in [9.17, 15) is 8.42 Å². The zero-order valence-electron chi connectivity index (χ0n) is 11.0. The minimum atomic E-state index is -4.36. The van der Waals surface area contributed by atoms with Gasteiger partial charge in [0.05, 0.1) is 16.1 Å². The number of hydrogen-bond acceptors (Lipinski definition) is 6. The highest BCUT2D eigenvalue weighted by molar-refractivity contribution is 7.83. The lowest BCUT2D eigenvalue weighted by atomic mass is 10.2. The Labute approximate surface area is 116 Å². The summed E-state index contributed by atoms with van der Waals surface area (Å²) in [6.45, 7) is 5.19. The first-order valence-corrected chi connectivity index (χ1v) is 7.85. The SMILES string of the molecule is Cc1ncsc1C1OC(C)(C)OC1N(C)S(=O)(=O)O. The maximum absolute atomic E-state index is 11.3. The maximum atomic E-state index is 11.3. The van der Waals surface area contributed by atoms with Gasteiger partial charge in [-0.2, -0.15) is 12.7 Å². The first-order valence-electron chi connectivity index (χ1n) is 5.58. The molecule has 2 rings (SSSR count). The smallest absolute Gasteiger partial charge is 0.337 e. The van der Waals surface area contributed by atoms with Crippen LogP contribution in [0.2, 0.25) is 0 Å². The molecule has 7 nitrogen and oxygen atoms in total. The van der Waals surface area contributed by atoms with E-state index in [1.54, 1.807) is 19.4 Å². The molecule has 0 saturated carbocycles. The predicted molar refractivity (Wildman–Crippen MR) is 68.9 cm³/mol. The molecule has 9 heteroatoms. The van der Waals surface area contributed by atoms with Crippen LogP contribution in [0.3, 0.4) is 0 Å². The van der Waals surface area contributed by atoms with Crippen LogP contribution in [0.5, 0.6) is 0 Å². The van der Waals surface area contributed by atoms with Crippen LogP contribution >= 0.6 is 11.3 Å². The molecule has 0 amide bonds. The average Bonchev–Trinajstić information content (AvgIpc) is 2.79. The first-order chi connectivity index (χ1) is 8.62. The van der Waals surface area contributed by atoms with Crippen LogP contribution in [0.25, 0.3) is 0 Å². The van der Waals surface area contributed by atoms with E-state index in [-0.39, 0.29) is 0 Å². The fraction of sp³-hybridized carbons (Fsp3) is 0.700. The minimum absolute atomic E-state index is 0.616. The quantitative estimate of drug-likeness (QED) is 0.848. The van der Waals surface area contributed by atoms with Crippen molar-refractivity contribution in [3.05, 3.63) is 16.1 Å². The molecule has 1 aromatic rings. The Bertz CT molecular complexity index is 568. The standard InChI is InChI=1S/C10H16N2O5S2/c1-6-8(18-5-11-6)7-9(12(4)19(13,14)15)17-10(2,3)16-7/h5,7,9H,1-4H3,(H,13,14,15). The van der Waals surface area contributed by atoms with Crippen molar-refractivity contribution >= 4 is 21.6 Å². The molecule has 2 heterocycles. The number of ether oxygens (including phenoxy) is 2. The molecule has 1 aromatic heterocycles. The molecule has 2 unspecified atom stereocenters. The molecule has 2 atom stereocenters. The van der Waals surface area contributed by atoms with Gasteiger partial charge in [0.1, 0.15) is 6.10 Å². The van der Waals surface area contributed by atoms with Gasteiger partial charge in [-0.15, -0.1) is 11.3 Å². The van der Waals surface area contributed by atoms with Crippen LogP contribution in [0.1, 0.15) is 30.5 Å². The van der Waals surface area contributed by atoms with Crippen molar-refractivity contribution in [2.75, 3.05) is 7.05 Å². The average molecular weight is 308 g/mol. The third-order valence-electron chi connectivity index (χ3n) is 2.84. The molecule has 1 aliphatic rings. The summed E-state index contributed by atoms with van der Waals surface area (Å²) in [6, 6.07) is 0. The highest BCUT2D eigenvalue weighted by Crippen LogP contribution is 2.42. The van der Waals surface area contributed by atoms with Crippen LogP contribution in [-0.4, -0.2) is 41.3 Å². The summed E-state index contributed by atoms with van der Waals surface area (Å²) in [5.41, 5.74) is 2.41. The third-order valence-corrected chi connectivity index (χ3v) is 4.77. The number of aromatic nitrogens is 1. The summed E-state index contributed by atoms with van der Waals surface area (Å²) < 4.78 is 43.7. The molecule has 0 bridgehead atoms. The summed E-state index contributed by atoms with van der Waals surface area (Å²) in [5, 5.41) is 0. The van der Waals surface area contributed by atoms with Gasteiger partial charge in [-0.3, -0.25) is 4.55 Å². The van der Waals surface area contributed by atoms with Crippen molar-refractivity contribution in [1.82, 2.24) is 9.29 Å². The molecule has 0 aliphatic carbocycles. The highest BCUT2D eigenvalue weighted by atomic mass is 32.2. The van der Waals surface area contributed by atoms with Crippen molar-refractivity contribution in [2.45, 2.75) is 38.9 Å². The largest absolute Gasteiger partial charge is 0.337 e. The Balaban J connectivity index is 2.38. The predicted octanol–water partition coefficient (Wildman–Crippen LogP) is 1.34. The van der Waals surface area contributed by atoms with Crippen LogP contribution in [0, 0.1) is 6.92 Å². The van der Waals surface area contributed by atoms with Gasteiger partial charge in [0.2, 0.25) is 0 Å². The number of thiazole rings is 1. The second kappa shape index (κ2) is 4.76. The van der Waals surface area contributed by atoms with Gasteiger partial charge in [0, 0.05) is 7.05 Å². The lowest BCUT2D eigenvalue weighted by Crippen LogP contribution is -2.40. The maximum Gasteiger partial charge on any atom is 0.337 e. The molecule has 19 heavy (non-hydrogen) atoms. The molecule has 1 saturated heterocycles. The Morgan fingerprint density at radius 2 is 2.11 bits per heavy atom. The number of rotatable bonds is 3. The van der Waals surface area contributed by atoms with E-state index in [0.717, 1.165) is 14.9 Å². The van der Waals surface area contributed by atoms with Gasteiger partial charge in [0.25, 0.3) is 0 Å². The van der Waals surface area contributed by atoms with Crippen LogP contribution < -0.4 is 0 Å². The molecular formula is C10H16N2O5S2. The molecule has 0 spiro atoms. The number of aryl methyl sites for hydroxylation is 1. The summed E-state index contributed by atoms with van der Waals surface area (Å²) in [5.74, 6) is -0.940. The fourth-order valence-electron chi connectivity index (χ4n) is 1.91. The highest BCUT2D eigenvalue weighted by Gasteiger charge is 2.48. The summed E-state index contributed by atoms with van der Waals surface area (Å²) in [4.78, 5) is 4.90. The van der Waals surface area contributed by atoms with E-state index in [2.05, 4.69) is 4.98 Å². The van der Waals surface area contributed by atoms with Crippen molar-refractivity contribution in [3.63, 3.8) is 0 Å². The Hall–Kier alpha value is -0.580. The van der Waals surface area contributed by atoms with Gasteiger partial charge in [-0.25, -0.2) is 4.98 Å². The van der Waals surface area contributed by atoms with Crippen molar-refractivity contribution in [2.24, 2.45) is 0 Å². The van der Waals surface area contributed by atoms with Gasteiger partial charge in [-0.1, -0.05) is 0 Å². The molecule has 0 radical (unpaired) electrons. The van der Waals surface area contributed by atoms with E-state index < -0.39 is 28.4 Å². The summed E-state index contributed by atoms with van der Waals surface area (Å²) in [6.07, 6.45) is -1.54. The fourth-order valence-corrected chi connectivity index (χ4v) is 3.17. The van der Waals surface area contributed by atoms with E-state index in [1.807, 2.05) is 6.92 Å². The van der Waals surface area contributed by atoms with E-state index in [0.29, 0.717) is 0 Å². The Morgan fingerprint density at radius 1 is 1.47 bits per heavy atom. The summed E-state index contributed by atoms with van der Waals surface area (Å²) in [7, 11) is -3.12. The molecule has 1 N–H and O–H groups in total. The van der Waals surface area contributed by atoms with Crippen molar-refractivity contribution < 1.29 is 22.4 Å². The Morgan fingerprint density at radius 3 is 2.58 bits per heavy atom.